The molecule has 0 saturated heterocycles. The van der Waals surface area contributed by atoms with Crippen molar-refractivity contribution in [3.63, 3.8) is 0 Å². The lowest BCUT2D eigenvalue weighted by Crippen LogP contribution is -2.16. The Bertz CT molecular complexity index is 638. The van der Waals surface area contributed by atoms with Gasteiger partial charge in [0.25, 0.3) is 0 Å². The van der Waals surface area contributed by atoms with Crippen LogP contribution in [0, 0.1) is 11.8 Å². The minimum Gasteiger partial charge on any atom is -0.497 e. The van der Waals surface area contributed by atoms with E-state index in [2.05, 4.69) is 40.0 Å². The van der Waals surface area contributed by atoms with E-state index in [1.165, 1.54) is 0 Å². The van der Waals surface area contributed by atoms with Gasteiger partial charge in [-0.2, -0.15) is 0 Å². The number of hydrogen-bond acceptors (Lipinski definition) is 2. The predicted octanol–water partition coefficient (Wildman–Crippen LogP) is 5.09. The second-order valence-corrected chi connectivity index (χ2v) is 5.91. The Morgan fingerprint density at radius 2 is 1.77 bits per heavy atom. The minimum atomic E-state index is 0.141. The maximum Gasteiger partial charge on any atom is 0.119 e. The lowest BCUT2D eigenvalue weighted by molar-refractivity contribution is 0.415. The topological polar surface area (TPSA) is 21.3 Å². The first-order valence-electron chi connectivity index (χ1n) is 7.39. The smallest absolute Gasteiger partial charge is 0.119 e. The van der Waals surface area contributed by atoms with E-state index >= 15 is 0 Å². The monoisotopic (exact) mass is 357 g/mol. The summed E-state index contributed by atoms with van der Waals surface area (Å²) in [5.74, 6) is 7.43. The van der Waals surface area contributed by atoms with Crippen molar-refractivity contribution in [2.75, 3.05) is 12.4 Å². The Balaban J connectivity index is 2.07. The van der Waals surface area contributed by atoms with Gasteiger partial charge >= 0.3 is 0 Å². The molecule has 1 N–H and O–H groups in total. The summed E-state index contributed by atoms with van der Waals surface area (Å²) in [6.07, 6.45) is 2.10. The van der Waals surface area contributed by atoms with Gasteiger partial charge in [-0.3, -0.25) is 0 Å². The van der Waals surface area contributed by atoms with Crippen LogP contribution in [0.4, 0.5) is 5.69 Å². The molecule has 0 spiro atoms. The van der Waals surface area contributed by atoms with Gasteiger partial charge in [0.2, 0.25) is 0 Å². The molecule has 1 atom stereocenters. The molecule has 0 unspecified atom stereocenters. The van der Waals surface area contributed by atoms with Crippen LogP contribution in [0.2, 0.25) is 0 Å². The predicted molar refractivity (Wildman–Crippen MR) is 96.3 cm³/mol. The lowest BCUT2D eigenvalue weighted by atomic mass is 10.1. The Kier molecular flexibility index (Phi) is 6.36. The first-order chi connectivity index (χ1) is 10.7. The van der Waals surface area contributed by atoms with Gasteiger partial charge in [0.05, 0.1) is 13.2 Å². The van der Waals surface area contributed by atoms with Crippen molar-refractivity contribution >= 4 is 21.6 Å². The molecule has 0 radical (unpaired) electrons. The van der Waals surface area contributed by atoms with Gasteiger partial charge in [-0.25, -0.2) is 0 Å². The average Bonchev–Trinajstić information content (AvgIpc) is 2.55. The van der Waals surface area contributed by atoms with E-state index in [0.717, 1.165) is 34.3 Å². The Hall–Kier alpha value is -1.92. The zero-order chi connectivity index (χ0) is 15.8. The van der Waals surface area contributed by atoms with E-state index in [-0.39, 0.29) is 6.04 Å². The molecule has 2 aromatic rings. The maximum absolute atomic E-state index is 5.18. The van der Waals surface area contributed by atoms with E-state index in [0.29, 0.717) is 0 Å². The summed E-state index contributed by atoms with van der Waals surface area (Å²) in [4.78, 5) is 0. The van der Waals surface area contributed by atoms with Crippen LogP contribution in [0.5, 0.6) is 5.75 Å². The molecule has 0 bridgehead atoms. The van der Waals surface area contributed by atoms with E-state index in [1.807, 2.05) is 48.5 Å². The third kappa shape index (κ3) is 5.13. The highest BCUT2D eigenvalue weighted by atomic mass is 79.9. The van der Waals surface area contributed by atoms with Gasteiger partial charge in [-0.05, 0) is 55.0 Å². The molecule has 0 aliphatic heterocycles. The van der Waals surface area contributed by atoms with E-state index in [9.17, 15) is 0 Å². The van der Waals surface area contributed by atoms with Gasteiger partial charge < -0.3 is 10.1 Å². The van der Waals surface area contributed by atoms with Crippen LogP contribution in [0.3, 0.4) is 0 Å². The van der Waals surface area contributed by atoms with Crippen molar-refractivity contribution in [1.82, 2.24) is 0 Å². The second kappa shape index (κ2) is 8.51. The van der Waals surface area contributed by atoms with E-state index in [1.54, 1.807) is 7.11 Å². The first kappa shape index (κ1) is 16.5. The van der Waals surface area contributed by atoms with Crippen LogP contribution in [0.15, 0.2) is 53.0 Å². The summed E-state index contributed by atoms with van der Waals surface area (Å²) in [7, 11) is 1.67. The summed E-state index contributed by atoms with van der Waals surface area (Å²) in [5, 5.41) is 3.47. The number of anilines is 1. The fraction of sp³-hybridized carbons (Fsp3) is 0.263. The fourth-order valence-electron chi connectivity index (χ4n) is 2.06. The summed E-state index contributed by atoms with van der Waals surface area (Å²) in [6, 6.07) is 16.1. The molecule has 2 nitrogen and oxygen atoms in total. The van der Waals surface area contributed by atoms with Crippen molar-refractivity contribution in [3.8, 4) is 17.6 Å². The zero-order valence-corrected chi connectivity index (χ0v) is 14.5. The SMILES string of the molecule is CCC[C@@H](C#Cc1ccc(Br)cc1)Nc1ccc(OC)cc1. The van der Waals surface area contributed by atoms with Gasteiger partial charge in [-0.1, -0.05) is 41.1 Å². The number of hydrogen-bond donors (Lipinski definition) is 1. The molecule has 0 saturated carbocycles. The molecule has 2 rings (SSSR count). The molecule has 0 aliphatic carbocycles. The van der Waals surface area contributed by atoms with E-state index in [4.69, 9.17) is 4.74 Å². The third-order valence-corrected chi connectivity index (χ3v) is 3.77. The van der Waals surface area contributed by atoms with Crippen molar-refractivity contribution in [2.24, 2.45) is 0 Å². The van der Waals surface area contributed by atoms with Crippen molar-refractivity contribution in [1.29, 1.82) is 0 Å². The van der Waals surface area contributed by atoms with Crippen LogP contribution in [-0.4, -0.2) is 13.2 Å². The highest BCUT2D eigenvalue weighted by molar-refractivity contribution is 9.10. The molecular formula is C19H20BrNO. The summed E-state index contributed by atoms with van der Waals surface area (Å²) in [6.45, 7) is 2.17. The molecule has 3 heteroatoms. The third-order valence-electron chi connectivity index (χ3n) is 3.24. The molecule has 0 aromatic heterocycles. The number of nitrogens with one attached hydrogen (secondary N) is 1. The highest BCUT2D eigenvalue weighted by Gasteiger charge is 2.04. The number of benzene rings is 2. The molecule has 22 heavy (non-hydrogen) atoms. The van der Waals surface area contributed by atoms with Crippen LogP contribution >= 0.6 is 15.9 Å². The lowest BCUT2D eigenvalue weighted by Gasteiger charge is -2.14. The maximum atomic E-state index is 5.18. The highest BCUT2D eigenvalue weighted by Crippen LogP contribution is 2.17. The first-order valence-corrected chi connectivity index (χ1v) is 8.18. The summed E-state index contributed by atoms with van der Waals surface area (Å²) < 4.78 is 6.25. The van der Waals surface area contributed by atoms with Crippen molar-refractivity contribution < 1.29 is 4.74 Å². The Morgan fingerprint density at radius 1 is 1.09 bits per heavy atom. The van der Waals surface area contributed by atoms with Gasteiger partial charge in [0.15, 0.2) is 0 Å². The molecule has 114 valence electrons. The molecular weight excluding hydrogens is 338 g/mol. The molecule has 2 aromatic carbocycles. The van der Waals surface area contributed by atoms with Crippen LogP contribution in [0.1, 0.15) is 25.3 Å². The number of methoxy groups -OCH3 is 1. The summed E-state index contributed by atoms with van der Waals surface area (Å²) in [5.41, 5.74) is 2.09. The Labute approximate surface area is 141 Å². The van der Waals surface area contributed by atoms with Crippen LogP contribution < -0.4 is 10.1 Å². The Morgan fingerprint density at radius 3 is 2.36 bits per heavy atom. The van der Waals surface area contributed by atoms with Gasteiger partial charge in [0, 0.05) is 15.7 Å². The van der Waals surface area contributed by atoms with Crippen molar-refractivity contribution in [2.45, 2.75) is 25.8 Å². The zero-order valence-electron chi connectivity index (χ0n) is 12.9. The molecule has 0 amide bonds. The fourth-order valence-corrected chi connectivity index (χ4v) is 2.33. The van der Waals surface area contributed by atoms with Crippen LogP contribution in [-0.2, 0) is 0 Å². The summed E-state index contributed by atoms with van der Waals surface area (Å²) >= 11 is 3.44. The number of rotatable bonds is 5. The minimum absolute atomic E-state index is 0.141. The average molecular weight is 358 g/mol. The normalized spacial score (nSPS) is 11.2. The number of halogens is 1. The van der Waals surface area contributed by atoms with Crippen LogP contribution in [0.25, 0.3) is 0 Å². The second-order valence-electron chi connectivity index (χ2n) is 4.99. The van der Waals surface area contributed by atoms with Crippen molar-refractivity contribution in [3.05, 3.63) is 58.6 Å². The standard InChI is InChI=1S/C19H20BrNO/c1-3-4-17(10-7-15-5-8-16(20)9-6-15)21-18-11-13-19(22-2)14-12-18/h5-6,8-9,11-14,17,21H,3-4H2,1-2H3/t17-/m0/s1. The largest absolute Gasteiger partial charge is 0.497 e. The molecule has 0 heterocycles. The molecule has 0 fully saturated rings. The molecule has 0 aliphatic rings. The quantitative estimate of drug-likeness (QED) is 0.752. The van der Waals surface area contributed by atoms with E-state index < -0.39 is 0 Å². The number of ether oxygens (including phenoxy) is 1. The van der Waals surface area contributed by atoms with Gasteiger partial charge in [0.1, 0.15) is 5.75 Å². The van der Waals surface area contributed by atoms with Gasteiger partial charge in [-0.15, -0.1) is 0 Å².